The molecule has 2 rings (SSSR count). The SMILES string of the molecule is CC[C@H](CO)NC(=O)Cc1ccc(NCc2cccc(C)c2C)cc1. The lowest BCUT2D eigenvalue weighted by molar-refractivity contribution is -0.121. The molecule has 0 aliphatic rings. The van der Waals surface area contributed by atoms with Gasteiger partial charge in [-0.1, -0.05) is 37.3 Å². The van der Waals surface area contributed by atoms with Crippen molar-refractivity contribution in [2.24, 2.45) is 0 Å². The van der Waals surface area contributed by atoms with Crippen LogP contribution in [0.15, 0.2) is 42.5 Å². The zero-order chi connectivity index (χ0) is 18.2. The lowest BCUT2D eigenvalue weighted by Gasteiger charge is -2.14. The summed E-state index contributed by atoms with van der Waals surface area (Å²) in [6, 6.07) is 14.1. The summed E-state index contributed by atoms with van der Waals surface area (Å²) in [5.74, 6) is -0.0583. The number of aryl methyl sites for hydroxylation is 1. The number of anilines is 1. The summed E-state index contributed by atoms with van der Waals surface area (Å²) in [4.78, 5) is 12.0. The van der Waals surface area contributed by atoms with E-state index >= 15 is 0 Å². The van der Waals surface area contributed by atoms with Crippen LogP contribution in [0.1, 0.15) is 35.6 Å². The number of hydrogen-bond acceptors (Lipinski definition) is 3. The van der Waals surface area contributed by atoms with Gasteiger partial charge in [-0.05, 0) is 54.7 Å². The number of aliphatic hydroxyl groups is 1. The highest BCUT2D eigenvalue weighted by Crippen LogP contribution is 2.16. The van der Waals surface area contributed by atoms with E-state index < -0.39 is 0 Å². The van der Waals surface area contributed by atoms with Crippen molar-refractivity contribution in [3.05, 3.63) is 64.7 Å². The van der Waals surface area contributed by atoms with E-state index in [2.05, 4.69) is 42.7 Å². The normalized spacial score (nSPS) is 11.8. The van der Waals surface area contributed by atoms with Crippen molar-refractivity contribution in [3.8, 4) is 0 Å². The fraction of sp³-hybridized carbons (Fsp3) is 0.381. The van der Waals surface area contributed by atoms with Crippen LogP contribution in [0.3, 0.4) is 0 Å². The van der Waals surface area contributed by atoms with Crippen molar-refractivity contribution in [2.45, 2.75) is 46.2 Å². The standard InChI is InChI=1S/C21H28N2O2/c1-4-19(14-24)23-21(25)12-17-8-10-20(11-9-17)22-13-18-7-5-6-15(2)16(18)3/h5-11,19,22,24H,4,12-14H2,1-3H3,(H,23,25)/t19-/m1/s1. The summed E-state index contributed by atoms with van der Waals surface area (Å²) < 4.78 is 0. The van der Waals surface area contributed by atoms with Crippen molar-refractivity contribution < 1.29 is 9.90 Å². The summed E-state index contributed by atoms with van der Waals surface area (Å²) in [5.41, 5.74) is 5.90. The van der Waals surface area contributed by atoms with Gasteiger partial charge in [0.2, 0.25) is 5.91 Å². The van der Waals surface area contributed by atoms with Crippen LogP contribution < -0.4 is 10.6 Å². The summed E-state index contributed by atoms with van der Waals surface area (Å²) in [5, 5.41) is 15.4. The molecule has 2 aromatic carbocycles. The van der Waals surface area contributed by atoms with Crippen LogP contribution in [-0.4, -0.2) is 23.7 Å². The Morgan fingerprint density at radius 3 is 2.48 bits per heavy atom. The molecule has 0 saturated carbocycles. The highest BCUT2D eigenvalue weighted by atomic mass is 16.3. The number of nitrogens with one attached hydrogen (secondary N) is 2. The number of aliphatic hydroxyl groups excluding tert-OH is 1. The number of hydrogen-bond donors (Lipinski definition) is 3. The molecular formula is C21H28N2O2. The maximum absolute atomic E-state index is 12.0. The fourth-order valence-corrected chi connectivity index (χ4v) is 2.68. The van der Waals surface area contributed by atoms with E-state index in [4.69, 9.17) is 5.11 Å². The monoisotopic (exact) mass is 340 g/mol. The molecular weight excluding hydrogens is 312 g/mol. The molecule has 3 N–H and O–H groups in total. The molecule has 0 aliphatic carbocycles. The number of carbonyl (C=O) groups is 1. The molecule has 0 fully saturated rings. The van der Waals surface area contributed by atoms with Crippen molar-refractivity contribution in [1.29, 1.82) is 0 Å². The quantitative estimate of drug-likeness (QED) is 0.691. The maximum atomic E-state index is 12.0. The minimum atomic E-state index is -0.161. The van der Waals surface area contributed by atoms with Crippen LogP contribution in [0.2, 0.25) is 0 Å². The van der Waals surface area contributed by atoms with Crippen molar-refractivity contribution >= 4 is 11.6 Å². The Kier molecular flexibility index (Phi) is 7.02. The Morgan fingerprint density at radius 2 is 1.84 bits per heavy atom. The Labute approximate surface area is 150 Å². The first-order chi connectivity index (χ1) is 12.0. The zero-order valence-electron chi connectivity index (χ0n) is 15.3. The third-order valence-electron chi connectivity index (χ3n) is 4.60. The highest BCUT2D eigenvalue weighted by Gasteiger charge is 2.09. The average molecular weight is 340 g/mol. The van der Waals surface area contributed by atoms with E-state index in [-0.39, 0.29) is 18.6 Å². The molecule has 0 unspecified atom stereocenters. The van der Waals surface area contributed by atoms with Crippen molar-refractivity contribution in [2.75, 3.05) is 11.9 Å². The van der Waals surface area contributed by atoms with Crippen LogP contribution >= 0.6 is 0 Å². The largest absolute Gasteiger partial charge is 0.394 e. The summed E-state index contributed by atoms with van der Waals surface area (Å²) in [7, 11) is 0. The summed E-state index contributed by atoms with van der Waals surface area (Å²) in [6.45, 7) is 6.96. The first-order valence-electron chi connectivity index (χ1n) is 8.81. The second kappa shape index (κ2) is 9.23. The molecule has 0 aromatic heterocycles. The molecule has 4 heteroatoms. The van der Waals surface area contributed by atoms with Gasteiger partial charge in [0.1, 0.15) is 0 Å². The summed E-state index contributed by atoms with van der Waals surface area (Å²) >= 11 is 0. The topological polar surface area (TPSA) is 61.4 Å². The van der Waals surface area contributed by atoms with Gasteiger partial charge >= 0.3 is 0 Å². The number of benzene rings is 2. The zero-order valence-corrected chi connectivity index (χ0v) is 15.3. The Morgan fingerprint density at radius 1 is 1.12 bits per heavy atom. The average Bonchev–Trinajstić information content (AvgIpc) is 2.62. The van der Waals surface area contributed by atoms with E-state index in [1.807, 2.05) is 31.2 Å². The van der Waals surface area contributed by atoms with Gasteiger partial charge in [-0.2, -0.15) is 0 Å². The van der Waals surface area contributed by atoms with Crippen LogP contribution in [0.4, 0.5) is 5.69 Å². The molecule has 4 nitrogen and oxygen atoms in total. The predicted molar refractivity (Wildman–Crippen MR) is 103 cm³/mol. The van der Waals surface area contributed by atoms with Gasteiger partial charge < -0.3 is 15.7 Å². The first kappa shape index (κ1) is 19.0. The Balaban J connectivity index is 1.89. The van der Waals surface area contributed by atoms with Gasteiger partial charge in [-0.3, -0.25) is 4.79 Å². The van der Waals surface area contributed by atoms with E-state index in [1.165, 1.54) is 16.7 Å². The minimum absolute atomic E-state index is 0.0243. The van der Waals surface area contributed by atoms with Crippen LogP contribution in [-0.2, 0) is 17.8 Å². The number of carbonyl (C=O) groups excluding carboxylic acids is 1. The predicted octanol–water partition coefficient (Wildman–Crippen LogP) is 3.35. The molecule has 0 bridgehead atoms. The van der Waals surface area contributed by atoms with Crippen LogP contribution in [0, 0.1) is 13.8 Å². The summed E-state index contributed by atoms with van der Waals surface area (Å²) in [6.07, 6.45) is 1.05. The van der Waals surface area contributed by atoms with Crippen molar-refractivity contribution in [3.63, 3.8) is 0 Å². The smallest absolute Gasteiger partial charge is 0.224 e. The molecule has 0 radical (unpaired) electrons. The van der Waals surface area contributed by atoms with E-state index in [0.29, 0.717) is 6.42 Å². The van der Waals surface area contributed by atoms with E-state index in [0.717, 1.165) is 24.2 Å². The van der Waals surface area contributed by atoms with Crippen molar-refractivity contribution in [1.82, 2.24) is 5.32 Å². The highest BCUT2D eigenvalue weighted by molar-refractivity contribution is 5.79. The maximum Gasteiger partial charge on any atom is 0.224 e. The van der Waals surface area contributed by atoms with E-state index in [9.17, 15) is 4.79 Å². The molecule has 134 valence electrons. The second-order valence-corrected chi connectivity index (χ2v) is 6.44. The molecule has 0 saturated heterocycles. The molecule has 25 heavy (non-hydrogen) atoms. The van der Waals surface area contributed by atoms with Gasteiger partial charge in [-0.25, -0.2) is 0 Å². The van der Waals surface area contributed by atoms with E-state index in [1.54, 1.807) is 0 Å². The fourth-order valence-electron chi connectivity index (χ4n) is 2.68. The lowest BCUT2D eigenvalue weighted by atomic mass is 10.0. The molecule has 1 amide bonds. The molecule has 0 aliphatic heterocycles. The van der Waals surface area contributed by atoms with Gasteiger partial charge in [0, 0.05) is 12.2 Å². The molecule has 2 aromatic rings. The van der Waals surface area contributed by atoms with Gasteiger partial charge in [0.25, 0.3) is 0 Å². The number of rotatable bonds is 8. The first-order valence-corrected chi connectivity index (χ1v) is 8.81. The third kappa shape index (κ3) is 5.61. The second-order valence-electron chi connectivity index (χ2n) is 6.44. The van der Waals surface area contributed by atoms with Gasteiger partial charge in [-0.15, -0.1) is 0 Å². The van der Waals surface area contributed by atoms with Gasteiger partial charge in [0.15, 0.2) is 0 Å². The van der Waals surface area contributed by atoms with Crippen LogP contribution in [0.5, 0.6) is 0 Å². The Hall–Kier alpha value is -2.33. The Bertz CT molecular complexity index is 692. The number of amides is 1. The molecule has 0 heterocycles. The molecule has 1 atom stereocenters. The lowest BCUT2D eigenvalue weighted by Crippen LogP contribution is -2.37. The molecule has 0 spiro atoms. The van der Waals surface area contributed by atoms with Gasteiger partial charge in [0.05, 0.1) is 19.1 Å². The minimum Gasteiger partial charge on any atom is -0.394 e. The third-order valence-corrected chi connectivity index (χ3v) is 4.60. The van der Waals surface area contributed by atoms with Crippen LogP contribution in [0.25, 0.3) is 0 Å².